The van der Waals surface area contributed by atoms with Gasteiger partial charge in [-0.15, -0.1) is 12.4 Å². The van der Waals surface area contributed by atoms with E-state index < -0.39 is 0 Å². The third kappa shape index (κ3) is 6.99. The zero-order valence-corrected chi connectivity index (χ0v) is 20.1. The molecule has 0 radical (unpaired) electrons. The van der Waals surface area contributed by atoms with E-state index in [-0.39, 0.29) is 36.8 Å². The lowest BCUT2D eigenvalue weighted by molar-refractivity contribution is -0.120. The molecular formula is C24H28Cl2N4O3. The first-order valence-electron chi connectivity index (χ1n) is 10.2. The summed E-state index contributed by atoms with van der Waals surface area (Å²) in [7, 11) is 1.62. The van der Waals surface area contributed by atoms with Gasteiger partial charge in [0.1, 0.15) is 5.75 Å². The molecule has 3 rings (SSSR count). The first kappa shape index (κ1) is 26.3. The van der Waals surface area contributed by atoms with Crippen LogP contribution in [0, 0.1) is 6.92 Å². The summed E-state index contributed by atoms with van der Waals surface area (Å²) in [5.74, 6) is 0.517. The van der Waals surface area contributed by atoms with E-state index >= 15 is 0 Å². The minimum Gasteiger partial charge on any atom is -0.497 e. The molecule has 0 unspecified atom stereocenters. The van der Waals surface area contributed by atoms with E-state index in [1.165, 1.54) is 0 Å². The molecule has 0 spiro atoms. The van der Waals surface area contributed by atoms with Crippen molar-refractivity contribution in [2.45, 2.75) is 33.0 Å². The molecule has 2 aromatic carbocycles. The predicted octanol–water partition coefficient (Wildman–Crippen LogP) is 3.70. The summed E-state index contributed by atoms with van der Waals surface area (Å²) < 4.78 is 5.25. The Kier molecular flexibility index (Phi) is 9.78. The van der Waals surface area contributed by atoms with Gasteiger partial charge in [-0.1, -0.05) is 29.8 Å². The lowest BCUT2D eigenvalue weighted by Crippen LogP contribution is -2.29. The lowest BCUT2D eigenvalue weighted by Gasteiger charge is -2.14. The first-order chi connectivity index (χ1) is 15.4. The number of anilines is 1. The lowest BCUT2D eigenvalue weighted by atomic mass is 10.1. The highest BCUT2D eigenvalue weighted by Gasteiger charge is 2.14. The van der Waals surface area contributed by atoms with Gasteiger partial charge >= 0.3 is 0 Å². The number of carbonyl (C=O) groups is 1. The van der Waals surface area contributed by atoms with Crippen molar-refractivity contribution in [3.05, 3.63) is 91.9 Å². The molecule has 0 saturated heterocycles. The van der Waals surface area contributed by atoms with Crippen molar-refractivity contribution >= 4 is 35.6 Å². The Balaban J connectivity index is 0.00000385. The molecule has 176 valence electrons. The topological polar surface area (TPSA) is 109 Å². The Bertz CT molecular complexity index is 1160. The maximum atomic E-state index is 12.6. The number of hydrogen-bond donors (Lipinski definition) is 4. The highest BCUT2D eigenvalue weighted by molar-refractivity contribution is 6.30. The van der Waals surface area contributed by atoms with E-state index in [4.69, 9.17) is 22.1 Å². The maximum Gasteiger partial charge on any atom is 0.252 e. The molecule has 0 fully saturated rings. The standard InChI is InChI=1S/C24H27ClN4O3.ClH/c1-15-21(10-23(30)28-13-18-9-19(25)7-6-17(18)11-26)24(31)29-14-22(15)27-12-16-4-3-5-20(8-16)32-2;/h3-9,14,27H,10-13,26H2,1-2H3,(H,28,30)(H,29,31);1H. The predicted molar refractivity (Wildman–Crippen MR) is 134 cm³/mol. The smallest absolute Gasteiger partial charge is 0.252 e. The van der Waals surface area contributed by atoms with Crippen LogP contribution in [0.3, 0.4) is 0 Å². The zero-order chi connectivity index (χ0) is 23.1. The van der Waals surface area contributed by atoms with Crippen molar-refractivity contribution in [2.75, 3.05) is 12.4 Å². The normalized spacial score (nSPS) is 10.3. The van der Waals surface area contributed by atoms with Gasteiger partial charge in [0, 0.05) is 36.4 Å². The number of benzene rings is 2. The number of nitrogens with two attached hydrogens (primary N) is 1. The van der Waals surface area contributed by atoms with Crippen molar-refractivity contribution in [1.29, 1.82) is 0 Å². The number of rotatable bonds is 9. The summed E-state index contributed by atoms with van der Waals surface area (Å²) in [6, 6.07) is 13.1. The number of aromatic nitrogens is 1. The Morgan fingerprint density at radius 2 is 1.94 bits per heavy atom. The molecule has 1 amide bonds. The SMILES string of the molecule is COc1cccc(CNc2c[nH]c(=O)c(CC(=O)NCc3cc(Cl)ccc3CN)c2C)c1.Cl. The molecular weight excluding hydrogens is 463 g/mol. The van der Waals surface area contributed by atoms with Crippen molar-refractivity contribution in [1.82, 2.24) is 10.3 Å². The number of methoxy groups -OCH3 is 1. The number of H-pyrrole nitrogens is 1. The summed E-state index contributed by atoms with van der Waals surface area (Å²) in [6.45, 7) is 3.01. The number of carbonyl (C=O) groups excluding carboxylic acids is 1. The van der Waals surface area contributed by atoms with Gasteiger partial charge in [0.25, 0.3) is 5.56 Å². The molecule has 0 bridgehead atoms. The second-order valence-corrected chi connectivity index (χ2v) is 7.85. The average Bonchev–Trinajstić information content (AvgIpc) is 2.80. The summed E-state index contributed by atoms with van der Waals surface area (Å²) in [4.78, 5) is 27.7. The van der Waals surface area contributed by atoms with Crippen molar-refractivity contribution < 1.29 is 9.53 Å². The number of pyridine rings is 1. The van der Waals surface area contributed by atoms with Crippen molar-refractivity contribution in [2.24, 2.45) is 5.73 Å². The van der Waals surface area contributed by atoms with E-state index in [1.54, 1.807) is 25.4 Å². The molecule has 0 aliphatic heterocycles. The van der Waals surface area contributed by atoms with Crippen LogP contribution >= 0.6 is 24.0 Å². The molecule has 5 N–H and O–H groups in total. The van der Waals surface area contributed by atoms with Gasteiger partial charge < -0.3 is 26.1 Å². The number of ether oxygens (including phenoxy) is 1. The third-order valence-electron chi connectivity index (χ3n) is 5.30. The highest BCUT2D eigenvalue weighted by Crippen LogP contribution is 2.19. The Hall–Kier alpha value is -3.00. The van der Waals surface area contributed by atoms with Crippen LogP contribution in [0.2, 0.25) is 5.02 Å². The summed E-state index contributed by atoms with van der Waals surface area (Å²) >= 11 is 6.06. The molecule has 0 saturated carbocycles. The van der Waals surface area contributed by atoms with Gasteiger partial charge in [-0.05, 0) is 53.4 Å². The van der Waals surface area contributed by atoms with Crippen LogP contribution < -0.4 is 26.7 Å². The van der Waals surface area contributed by atoms with Crippen LogP contribution in [-0.2, 0) is 30.8 Å². The Labute approximate surface area is 204 Å². The number of hydrogen-bond acceptors (Lipinski definition) is 5. The molecule has 1 aromatic heterocycles. The Morgan fingerprint density at radius 3 is 2.67 bits per heavy atom. The second kappa shape index (κ2) is 12.3. The maximum absolute atomic E-state index is 12.6. The molecule has 0 aliphatic carbocycles. The van der Waals surface area contributed by atoms with Gasteiger partial charge in [-0.3, -0.25) is 9.59 Å². The summed E-state index contributed by atoms with van der Waals surface area (Å²) in [5, 5.41) is 6.75. The summed E-state index contributed by atoms with van der Waals surface area (Å²) in [5.41, 5.74) is 10.2. The van der Waals surface area contributed by atoms with Crippen molar-refractivity contribution in [3.63, 3.8) is 0 Å². The van der Waals surface area contributed by atoms with E-state index in [1.807, 2.05) is 37.3 Å². The van der Waals surface area contributed by atoms with E-state index in [2.05, 4.69) is 15.6 Å². The quantitative estimate of drug-likeness (QED) is 0.365. The van der Waals surface area contributed by atoms with Gasteiger partial charge in [-0.2, -0.15) is 0 Å². The number of aromatic amines is 1. The molecule has 0 atom stereocenters. The monoisotopic (exact) mass is 490 g/mol. The second-order valence-electron chi connectivity index (χ2n) is 7.41. The van der Waals surface area contributed by atoms with Crippen LogP contribution in [0.4, 0.5) is 5.69 Å². The molecule has 1 heterocycles. The average molecular weight is 491 g/mol. The molecule has 9 heteroatoms. The van der Waals surface area contributed by atoms with Crippen LogP contribution in [-0.4, -0.2) is 18.0 Å². The van der Waals surface area contributed by atoms with Gasteiger partial charge in [0.15, 0.2) is 0 Å². The number of amides is 1. The number of halogens is 2. The van der Waals surface area contributed by atoms with E-state index in [9.17, 15) is 9.59 Å². The van der Waals surface area contributed by atoms with E-state index in [0.29, 0.717) is 23.7 Å². The number of nitrogens with one attached hydrogen (secondary N) is 3. The fourth-order valence-electron chi connectivity index (χ4n) is 3.42. The van der Waals surface area contributed by atoms with Gasteiger partial charge in [-0.25, -0.2) is 0 Å². The van der Waals surface area contributed by atoms with Crippen LogP contribution in [0.5, 0.6) is 5.75 Å². The molecule has 33 heavy (non-hydrogen) atoms. The van der Waals surface area contributed by atoms with Gasteiger partial charge in [0.05, 0.1) is 19.2 Å². The zero-order valence-electron chi connectivity index (χ0n) is 18.5. The Morgan fingerprint density at radius 1 is 1.15 bits per heavy atom. The molecule has 0 aliphatic rings. The largest absolute Gasteiger partial charge is 0.497 e. The minimum atomic E-state index is -0.282. The van der Waals surface area contributed by atoms with Crippen LogP contribution in [0.25, 0.3) is 0 Å². The van der Waals surface area contributed by atoms with E-state index in [0.717, 1.165) is 33.7 Å². The molecule has 3 aromatic rings. The van der Waals surface area contributed by atoms with Crippen molar-refractivity contribution in [3.8, 4) is 5.75 Å². The minimum absolute atomic E-state index is 0. The van der Waals surface area contributed by atoms with Gasteiger partial charge in [0.2, 0.25) is 5.91 Å². The fourth-order valence-corrected chi connectivity index (χ4v) is 3.61. The first-order valence-corrected chi connectivity index (χ1v) is 10.6. The van der Waals surface area contributed by atoms with Crippen LogP contribution in [0.1, 0.15) is 27.8 Å². The fraction of sp³-hybridized carbons (Fsp3) is 0.250. The van der Waals surface area contributed by atoms with Crippen LogP contribution in [0.15, 0.2) is 53.5 Å². The summed E-state index contributed by atoms with van der Waals surface area (Å²) in [6.07, 6.45) is 1.59. The molecule has 7 nitrogen and oxygen atoms in total. The highest BCUT2D eigenvalue weighted by atomic mass is 35.5. The third-order valence-corrected chi connectivity index (χ3v) is 5.53.